The van der Waals surface area contributed by atoms with Crippen molar-refractivity contribution in [2.75, 3.05) is 17.7 Å². The van der Waals surface area contributed by atoms with Gasteiger partial charge < -0.3 is 9.47 Å². The molecule has 0 saturated carbocycles. The van der Waals surface area contributed by atoms with Gasteiger partial charge in [0, 0.05) is 10.5 Å². The second-order valence-electron chi connectivity index (χ2n) is 7.42. The van der Waals surface area contributed by atoms with Crippen LogP contribution >= 0.6 is 35.0 Å². The van der Waals surface area contributed by atoms with E-state index in [2.05, 4.69) is 5.32 Å². The molecule has 0 spiro atoms. The van der Waals surface area contributed by atoms with Crippen LogP contribution in [0, 0.1) is 0 Å². The Morgan fingerprint density at radius 3 is 2.62 bits per heavy atom. The molecule has 156 valence electrons. The van der Waals surface area contributed by atoms with Crippen LogP contribution in [-0.4, -0.2) is 18.5 Å². The predicted octanol–water partition coefficient (Wildman–Crippen LogP) is 7.52. The molecule has 29 heavy (non-hydrogen) atoms. The molecule has 1 heterocycles. The molecule has 7 heteroatoms. The summed E-state index contributed by atoms with van der Waals surface area (Å²) < 4.78 is 11.3. The fraction of sp³-hybridized carbons (Fsp3) is 0.409. The summed E-state index contributed by atoms with van der Waals surface area (Å²) >= 11 is 13.8. The number of hydrogen-bond acceptors (Lipinski definition) is 4. The van der Waals surface area contributed by atoms with Gasteiger partial charge in [0.05, 0.1) is 22.3 Å². The summed E-state index contributed by atoms with van der Waals surface area (Å²) in [5.74, 6) is 1.86. The average Bonchev–Trinajstić information content (AvgIpc) is 2.66. The van der Waals surface area contributed by atoms with Crippen molar-refractivity contribution < 1.29 is 14.3 Å². The zero-order valence-electron chi connectivity index (χ0n) is 16.6. The van der Waals surface area contributed by atoms with Gasteiger partial charge in [-0.15, -0.1) is 11.8 Å². The molecule has 0 radical (unpaired) electrons. The lowest BCUT2D eigenvalue weighted by Gasteiger charge is -2.32. The summed E-state index contributed by atoms with van der Waals surface area (Å²) in [7, 11) is 0. The quantitative estimate of drug-likeness (QED) is 0.314. The van der Waals surface area contributed by atoms with E-state index in [1.54, 1.807) is 11.8 Å². The van der Waals surface area contributed by atoms with Crippen LogP contribution in [0.2, 0.25) is 10.0 Å². The summed E-state index contributed by atoms with van der Waals surface area (Å²) in [6.07, 6.45) is 4.01. The summed E-state index contributed by atoms with van der Waals surface area (Å²) in [4.78, 5) is 12.7. The molecule has 2 aromatic carbocycles. The van der Waals surface area contributed by atoms with E-state index in [-0.39, 0.29) is 0 Å². The molecule has 0 aromatic heterocycles. The molecular formula is C22H25Cl2NO3S. The van der Waals surface area contributed by atoms with E-state index in [1.807, 2.05) is 50.2 Å². The first-order valence-electron chi connectivity index (χ1n) is 9.70. The third kappa shape index (κ3) is 6.21. The van der Waals surface area contributed by atoms with Crippen molar-refractivity contribution in [2.24, 2.45) is 0 Å². The van der Waals surface area contributed by atoms with E-state index >= 15 is 0 Å². The lowest BCUT2D eigenvalue weighted by atomic mass is 9.94. The highest BCUT2D eigenvalue weighted by Gasteiger charge is 2.33. The average molecular weight is 454 g/mol. The number of thioether (sulfide) groups is 1. The van der Waals surface area contributed by atoms with Crippen molar-refractivity contribution >= 4 is 46.7 Å². The molecule has 3 rings (SSSR count). The number of carbonyl (C=O) groups excluding carboxylic acids is 1. The number of hydrogen-bond donors (Lipinski definition) is 1. The number of amides is 1. The number of fused-ring (bicyclic) bond motifs is 1. The topological polar surface area (TPSA) is 47.6 Å². The minimum Gasteiger partial charge on any atom is -0.494 e. The van der Waals surface area contributed by atoms with Crippen LogP contribution in [-0.2, 0) is 10.3 Å². The van der Waals surface area contributed by atoms with E-state index in [1.165, 1.54) is 0 Å². The van der Waals surface area contributed by atoms with Gasteiger partial charge in [-0.2, -0.15) is 0 Å². The molecule has 0 aliphatic carbocycles. The second-order valence-corrected chi connectivity index (χ2v) is 9.40. The molecule has 1 N–H and O–H groups in total. The van der Waals surface area contributed by atoms with Crippen molar-refractivity contribution in [1.82, 2.24) is 0 Å². The third-order valence-electron chi connectivity index (χ3n) is 4.69. The molecule has 0 bridgehead atoms. The smallest absolute Gasteiger partial charge is 0.412 e. The maximum atomic E-state index is 11.6. The number of ether oxygens (including phenoxy) is 2. The first-order chi connectivity index (χ1) is 13.8. The number of unbranched alkanes of at least 4 members (excludes halogenated alkanes) is 3. The number of cyclic esters (lactones) is 1. The molecule has 1 amide bonds. The molecule has 1 aliphatic heterocycles. The maximum absolute atomic E-state index is 11.6. The van der Waals surface area contributed by atoms with Crippen LogP contribution in [0.1, 0.15) is 45.1 Å². The lowest BCUT2D eigenvalue weighted by molar-refractivity contribution is 0.0418. The first-order valence-corrected chi connectivity index (χ1v) is 11.4. The van der Waals surface area contributed by atoms with Crippen molar-refractivity contribution in [3.05, 3.63) is 52.0 Å². The molecule has 0 atom stereocenters. The molecule has 0 fully saturated rings. The Hall–Kier alpha value is -1.56. The summed E-state index contributed by atoms with van der Waals surface area (Å²) in [5, 5.41) is 3.92. The normalized spacial score (nSPS) is 14.7. The number of carbonyl (C=O) groups is 1. The molecule has 0 saturated heterocycles. The number of anilines is 1. The molecule has 0 unspecified atom stereocenters. The Bertz CT molecular complexity index is 873. The Labute approximate surface area is 186 Å². The minimum absolute atomic E-state index is 0.423. The van der Waals surface area contributed by atoms with Gasteiger partial charge in [0.1, 0.15) is 11.4 Å². The summed E-state index contributed by atoms with van der Waals surface area (Å²) in [5.41, 5.74) is 1.04. The van der Waals surface area contributed by atoms with Crippen molar-refractivity contribution in [1.29, 1.82) is 0 Å². The van der Waals surface area contributed by atoms with Crippen molar-refractivity contribution in [3.8, 4) is 5.75 Å². The third-order valence-corrected chi connectivity index (χ3v) is 6.51. The second kappa shape index (κ2) is 9.96. The molecular weight excluding hydrogens is 429 g/mol. The standard InChI is InChI=1S/C22H25Cl2NO3S/c1-22(2)17-13-15(7-10-20(17)25-21(26)28-22)27-11-5-3-4-6-12-29-16-8-9-18(23)19(24)14-16/h7-10,13-14H,3-6,11-12H2,1-2H3,(H,25,26). The SMILES string of the molecule is CC1(C)OC(=O)Nc2ccc(OCCCCCCSc3ccc(Cl)c(Cl)c3)cc21. The van der Waals surface area contributed by atoms with Gasteiger partial charge >= 0.3 is 6.09 Å². The monoisotopic (exact) mass is 453 g/mol. The fourth-order valence-corrected chi connectivity index (χ4v) is 4.46. The number of halogens is 2. The highest BCUT2D eigenvalue weighted by Crippen LogP contribution is 2.37. The van der Waals surface area contributed by atoms with E-state index in [0.717, 1.165) is 53.3 Å². The number of nitrogens with one attached hydrogen (secondary N) is 1. The minimum atomic E-state index is -0.664. The number of rotatable bonds is 9. The Kier molecular flexibility index (Phi) is 7.60. The molecule has 2 aromatic rings. The zero-order valence-corrected chi connectivity index (χ0v) is 18.9. The number of benzene rings is 2. The van der Waals surface area contributed by atoms with E-state index < -0.39 is 11.7 Å². The summed E-state index contributed by atoms with van der Waals surface area (Å²) in [6.45, 7) is 4.43. The van der Waals surface area contributed by atoms with Crippen molar-refractivity contribution in [3.63, 3.8) is 0 Å². The highest BCUT2D eigenvalue weighted by atomic mass is 35.5. The van der Waals surface area contributed by atoms with E-state index in [0.29, 0.717) is 16.7 Å². The van der Waals surface area contributed by atoms with Gasteiger partial charge in [0.15, 0.2) is 0 Å². The van der Waals surface area contributed by atoms with Gasteiger partial charge in [-0.05, 0) is 68.8 Å². The Morgan fingerprint density at radius 1 is 1.03 bits per heavy atom. The molecule has 4 nitrogen and oxygen atoms in total. The lowest BCUT2D eigenvalue weighted by Crippen LogP contribution is -2.34. The summed E-state index contributed by atoms with van der Waals surface area (Å²) in [6, 6.07) is 11.5. The molecule has 1 aliphatic rings. The first kappa shape index (κ1) is 22.1. The highest BCUT2D eigenvalue weighted by molar-refractivity contribution is 7.99. The van der Waals surface area contributed by atoms with Gasteiger partial charge in [0.25, 0.3) is 0 Å². The Balaban J connectivity index is 1.34. The van der Waals surface area contributed by atoms with Gasteiger partial charge in [-0.25, -0.2) is 4.79 Å². The maximum Gasteiger partial charge on any atom is 0.412 e. The largest absolute Gasteiger partial charge is 0.494 e. The van der Waals surface area contributed by atoms with Crippen LogP contribution in [0.5, 0.6) is 5.75 Å². The van der Waals surface area contributed by atoms with Crippen molar-refractivity contribution in [2.45, 2.75) is 50.0 Å². The zero-order chi connectivity index (χ0) is 20.9. The van der Waals surface area contributed by atoms with Crippen LogP contribution in [0.15, 0.2) is 41.3 Å². The van der Waals surface area contributed by atoms with E-state index in [4.69, 9.17) is 32.7 Å². The van der Waals surface area contributed by atoms with Gasteiger partial charge in [-0.3, -0.25) is 5.32 Å². The van der Waals surface area contributed by atoms with E-state index in [9.17, 15) is 4.79 Å². The van der Waals surface area contributed by atoms with Gasteiger partial charge in [-0.1, -0.05) is 36.0 Å². The van der Waals surface area contributed by atoms with Crippen LogP contribution in [0.25, 0.3) is 0 Å². The van der Waals surface area contributed by atoms with Crippen LogP contribution < -0.4 is 10.1 Å². The Morgan fingerprint density at radius 2 is 1.83 bits per heavy atom. The fourth-order valence-electron chi connectivity index (χ4n) is 3.15. The van der Waals surface area contributed by atoms with Crippen LogP contribution in [0.4, 0.5) is 10.5 Å². The van der Waals surface area contributed by atoms with Gasteiger partial charge in [0.2, 0.25) is 0 Å². The van der Waals surface area contributed by atoms with Crippen LogP contribution in [0.3, 0.4) is 0 Å². The predicted molar refractivity (Wildman–Crippen MR) is 121 cm³/mol.